The Morgan fingerprint density at radius 3 is 2.54 bits per heavy atom. The van der Waals surface area contributed by atoms with Crippen molar-refractivity contribution in [2.75, 3.05) is 4.31 Å². The minimum Gasteiger partial charge on any atom is -0.506 e. The van der Waals surface area contributed by atoms with Gasteiger partial charge in [0.05, 0.1) is 6.20 Å². The molecular weight excluding hydrogens is 358 g/mol. The van der Waals surface area contributed by atoms with Crippen LogP contribution >= 0.6 is 0 Å². The van der Waals surface area contributed by atoms with Gasteiger partial charge in [-0.25, -0.2) is 9.03 Å². The van der Waals surface area contributed by atoms with Crippen LogP contribution in [0, 0.1) is 0 Å². The average molecular weight is 383 g/mol. The van der Waals surface area contributed by atoms with Gasteiger partial charge >= 0.3 is 10.2 Å². The van der Waals surface area contributed by atoms with Gasteiger partial charge in [-0.15, -0.1) is 0 Å². The summed E-state index contributed by atoms with van der Waals surface area (Å²) in [6.45, 7) is 2.12. The molecule has 1 amide bonds. The molecule has 0 bridgehead atoms. The predicted octanol–water partition coefficient (Wildman–Crippen LogP) is 2.33. The molecule has 0 aromatic heterocycles. The second-order valence-corrected chi connectivity index (χ2v) is 7.93. The van der Waals surface area contributed by atoms with Gasteiger partial charge in [-0.3, -0.25) is 4.79 Å². The number of hydrogen-bond donors (Lipinski definition) is 4. The third kappa shape index (κ3) is 4.81. The first-order chi connectivity index (χ1) is 12.2. The number of nitrogens with two attached hydrogens (primary N) is 1. The largest absolute Gasteiger partial charge is 0.506 e. The molecule has 8 nitrogen and oxygen atoms in total. The highest BCUT2D eigenvalue weighted by atomic mass is 32.2. The van der Waals surface area contributed by atoms with E-state index in [1.54, 1.807) is 6.07 Å². The van der Waals surface area contributed by atoms with Crippen molar-refractivity contribution in [3.8, 4) is 5.75 Å². The standard InChI is InChI=1S/C17H25N3O5S/c1-2-3-4-5-6-12(10-16(18)22)13-7-8-14(15(21)9-13)20-11-17(23)19-26(20,24)25/h7-9,11-12,19,21,23H,2-6,10H2,1H3,(H2,18,22). The Bertz CT molecular complexity index is 792. The van der Waals surface area contributed by atoms with E-state index in [2.05, 4.69) is 6.92 Å². The number of phenolic OH excluding ortho intramolecular Hbond substituents is 1. The number of anilines is 1. The van der Waals surface area contributed by atoms with Crippen molar-refractivity contribution in [3.05, 3.63) is 35.8 Å². The SMILES string of the molecule is CCCCCCC(CC(N)=O)c1ccc(N2C=C(O)NS2(=O)=O)c(O)c1. The molecule has 0 radical (unpaired) electrons. The highest BCUT2D eigenvalue weighted by Crippen LogP contribution is 2.36. The molecule has 0 saturated heterocycles. The number of phenols is 1. The molecule has 0 aliphatic carbocycles. The summed E-state index contributed by atoms with van der Waals surface area (Å²) in [5.41, 5.74) is 6.08. The summed E-state index contributed by atoms with van der Waals surface area (Å²) in [7, 11) is -3.98. The van der Waals surface area contributed by atoms with Gasteiger partial charge in [0.25, 0.3) is 0 Å². The Hall–Kier alpha value is -2.42. The number of aliphatic hydroxyl groups excluding tert-OH is 1. The van der Waals surface area contributed by atoms with E-state index < -0.39 is 22.0 Å². The molecule has 0 fully saturated rings. The van der Waals surface area contributed by atoms with Gasteiger partial charge in [0.1, 0.15) is 11.4 Å². The van der Waals surface area contributed by atoms with E-state index in [0.717, 1.165) is 48.2 Å². The molecule has 0 saturated carbocycles. The van der Waals surface area contributed by atoms with E-state index in [9.17, 15) is 23.4 Å². The monoisotopic (exact) mass is 383 g/mol. The number of primary amides is 1. The molecule has 2 rings (SSSR count). The Kier molecular flexibility index (Phi) is 6.36. The summed E-state index contributed by atoms with van der Waals surface area (Å²) >= 11 is 0. The lowest BCUT2D eigenvalue weighted by Crippen LogP contribution is -2.29. The average Bonchev–Trinajstić information content (AvgIpc) is 2.82. The Morgan fingerprint density at radius 2 is 2.00 bits per heavy atom. The Morgan fingerprint density at radius 1 is 1.27 bits per heavy atom. The number of amides is 1. The fourth-order valence-electron chi connectivity index (χ4n) is 3.01. The third-order valence-electron chi connectivity index (χ3n) is 4.29. The summed E-state index contributed by atoms with van der Waals surface area (Å²) in [6, 6.07) is 4.56. The van der Waals surface area contributed by atoms with Crippen molar-refractivity contribution in [2.45, 2.75) is 51.4 Å². The molecule has 5 N–H and O–H groups in total. The lowest BCUT2D eigenvalue weighted by molar-refractivity contribution is -0.118. The van der Waals surface area contributed by atoms with Crippen LogP contribution in [0.4, 0.5) is 5.69 Å². The van der Waals surface area contributed by atoms with Crippen LogP contribution in [0.1, 0.15) is 56.9 Å². The second-order valence-electron chi connectivity index (χ2n) is 6.38. The molecule has 1 unspecified atom stereocenters. The van der Waals surface area contributed by atoms with Crippen LogP contribution in [0.5, 0.6) is 5.75 Å². The number of aliphatic hydroxyl groups is 1. The molecular formula is C17H25N3O5S. The molecule has 1 aromatic rings. The van der Waals surface area contributed by atoms with Crippen molar-refractivity contribution in [2.24, 2.45) is 5.73 Å². The number of benzene rings is 1. The van der Waals surface area contributed by atoms with Crippen molar-refractivity contribution in [3.63, 3.8) is 0 Å². The van der Waals surface area contributed by atoms with Crippen molar-refractivity contribution in [1.29, 1.82) is 0 Å². The zero-order valence-corrected chi connectivity index (χ0v) is 15.5. The van der Waals surface area contributed by atoms with Crippen molar-refractivity contribution < 1.29 is 23.4 Å². The first-order valence-electron chi connectivity index (χ1n) is 8.58. The number of nitrogens with zero attached hydrogens (tertiary/aromatic N) is 1. The van der Waals surface area contributed by atoms with Crippen LogP contribution in [0.3, 0.4) is 0 Å². The van der Waals surface area contributed by atoms with Crippen molar-refractivity contribution in [1.82, 2.24) is 4.72 Å². The zero-order valence-electron chi connectivity index (χ0n) is 14.7. The first kappa shape index (κ1) is 19.9. The molecule has 1 aromatic carbocycles. The zero-order chi connectivity index (χ0) is 19.3. The normalized spacial score (nSPS) is 16.8. The van der Waals surface area contributed by atoms with Crippen LogP contribution in [-0.2, 0) is 15.0 Å². The molecule has 144 valence electrons. The van der Waals surface area contributed by atoms with Crippen molar-refractivity contribution >= 4 is 21.8 Å². The first-order valence-corrected chi connectivity index (χ1v) is 10.0. The summed E-state index contributed by atoms with van der Waals surface area (Å²) in [4.78, 5) is 11.4. The lowest BCUT2D eigenvalue weighted by Gasteiger charge is -2.19. The number of rotatable bonds is 9. The summed E-state index contributed by atoms with van der Waals surface area (Å²) in [6.07, 6.45) is 6.10. The van der Waals surface area contributed by atoms with Gasteiger partial charge in [0.15, 0.2) is 0 Å². The molecule has 1 aliphatic rings. The maximum Gasteiger partial charge on any atom is 0.330 e. The minimum atomic E-state index is -3.98. The summed E-state index contributed by atoms with van der Waals surface area (Å²) < 4.78 is 26.5. The van der Waals surface area contributed by atoms with Gasteiger partial charge in [0.2, 0.25) is 11.8 Å². The fraction of sp³-hybridized carbons (Fsp3) is 0.471. The van der Waals surface area contributed by atoms with E-state index in [4.69, 9.17) is 5.73 Å². The van der Waals surface area contributed by atoms with E-state index in [1.165, 1.54) is 12.1 Å². The van der Waals surface area contributed by atoms with Gasteiger partial charge in [0, 0.05) is 6.42 Å². The molecule has 1 atom stereocenters. The van der Waals surface area contributed by atoms with Crippen LogP contribution in [0.15, 0.2) is 30.3 Å². The van der Waals surface area contributed by atoms with E-state index in [1.807, 2.05) is 4.72 Å². The highest BCUT2D eigenvalue weighted by Gasteiger charge is 2.30. The number of carbonyl (C=O) groups excluding carboxylic acids is 1. The highest BCUT2D eigenvalue weighted by molar-refractivity contribution is 7.91. The lowest BCUT2D eigenvalue weighted by atomic mass is 9.89. The topological polar surface area (TPSA) is 133 Å². The maximum atomic E-state index is 11.9. The maximum absolute atomic E-state index is 11.9. The Labute approximate surface area is 153 Å². The van der Waals surface area contributed by atoms with Crippen LogP contribution < -0.4 is 14.8 Å². The number of hydrogen-bond acceptors (Lipinski definition) is 5. The number of aromatic hydroxyl groups is 1. The van der Waals surface area contributed by atoms with Crippen LogP contribution in [0.2, 0.25) is 0 Å². The second kappa shape index (κ2) is 8.31. The van der Waals surface area contributed by atoms with Gasteiger partial charge < -0.3 is 15.9 Å². The van der Waals surface area contributed by atoms with Gasteiger partial charge in [-0.05, 0) is 30.0 Å². The van der Waals surface area contributed by atoms with Crippen LogP contribution in [0.25, 0.3) is 0 Å². The fourth-order valence-corrected chi connectivity index (χ4v) is 4.08. The quantitative estimate of drug-likeness (QED) is 0.486. The number of nitrogens with one attached hydrogen (secondary N) is 1. The summed E-state index contributed by atoms with van der Waals surface area (Å²) in [5, 5.41) is 19.7. The predicted molar refractivity (Wildman–Crippen MR) is 98.7 cm³/mol. The minimum absolute atomic E-state index is 0.00843. The molecule has 26 heavy (non-hydrogen) atoms. The van der Waals surface area contributed by atoms with E-state index >= 15 is 0 Å². The van der Waals surface area contributed by atoms with Gasteiger partial charge in [-0.1, -0.05) is 38.7 Å². The number of carbonyl (C=O) groups is 1. The summed E-state index contributed by atoms with van der Waals surface area (Å²) in [5.74, 6) is -1.35. The van der Waals surface area contributed by atoms with Crippen LogP contribution in [-0.4, -0.2) is 24.5 Å². The number of unbranched alkanes of at least 4 members (excludes halogenated alkanes) is 3. The smallest absolute Gasteiger partial charge is 0.330 e. The molecule has 9 heteroatoms. The Balaban J connectivity index is 2.23. The van der Waals surface area contributed by atoms with E-state index in [0.29, 0.717) is 0 Å². The van der Waals surface area contributed by atoms with E-state index in [-0.39, 0.29) is 23.8 Å². The molecule has 1 aliphatic heterocycles. The third-order valence-corrected chi connectivity index (χ3v) is 5.58. The molecule has 0 spiro atoms. The molecule has 1 heterocycles. The van der Waals surface area contributed by atoms with Gasteiger partial charge in [-0.2, -0.15) is 8.42 Å².